The number of hydrogen-bond donors (Lipinski definition) is 0. The Hall–Kier alpha value is -1.80. The average molecular weight is 405 g/mol. The summed E-state index contributed by atoms with van der Waals surface area (Å²) in [5.41, 5.74) is 0.245. The van der Waals surface area contributed by atoms with Crippen molar-refractivity contribution in [2.45, 2.75) is 39.8 Å². The van der Waals surface area contributed by atoms with E-state index in [1.807, 2.05) is 27.7 Å². The second kappa shape index (κ2) is 9.23. The van der Waals surface area contributed by atoms with Gasteiger partial charge in [0, 0.05) is 17.1 Å². The summed E-state index contributed by atoms with van der Waals surface area (Å²) in [6, 6.07) is 6.04. The molecule has 1 aromatic carbocycles. The minimum atomic E-state index is -3.73. The Balaban J connectivity index is 2.82. The molecule has 0 heterocycles. The van der Waals surface area contributed by atoms with Crippen LogP contribution < -0.4 is 4.31 Å². The van der Waals surface area contributed by atoms with Crippen molar-refractivity contribution in [1.82, 2.24) is 4.90 Å². The van der Waals surface area contributed by atoms with Gasteiger partial charge in [0.15, 0.2) is 6.61 Å². The van der Waals surface area contributed by atoms with Crippen LogP contribution in [0.4, 0.5) is 5.69 Å². The Morgan fingerprint density at radius 2 is 1.73 bits per heavy atom. The molecule has 0 aliphatic rings. The quantitative estimate of drug-likeness (QED) is 0.620. The number of halogens is 1. The van der Waals surface area contributed by atoms with Crippen molar-refractivity contribution in [3.05, 3.63) is 29.3 Å². The van der Waals surface area contributed by atoms with Gasteiger partial charge in [-0.1, -0.05) is 17.7 Å². The molecule has 7 nitrogen and oxygen atoms in total. The number of ether oxygens (including phenoxy) is 1. The van der Waals surface area contributed by atoms with Gasteiger partial charge in [0.05, 0.1) is 11.9 Å². The molecule has 9 heteroatoms. The topological polar surface area (TPSA) is 84.0 Å². The Labute approximate surface area is 159 Å². The molecule has 0 unspecified atom stereocenters. The first-order valence-corrected chi connectivity index (χ1v) is 10.4. The molecular weight excluding hydrogens is 380 g/mol. The number of anilines is 1. The van der Waals surface area contributed by atoms with Gasteiger partial charge in [-0.15, -0.1) is 0 Å². The maximum atomic E-state index is 12.2. The number of rotatable bonds is 8. The molecule has 1 aromatic rings. The molecule has 0 fully saturated rings. The summed E-state index contributed by atoms with van der Waals surface area (Å²) in [6.45, 7) is 6.47. The van der Waals surface area contributed by atoms with Crippen molar-refractivity contribution in [3.63, 3.8) is 0 Å². The molecule has 0 aliphatic heterocycles. The lowest BCUT2D eigenvalue weighted by Crippen LogP contribution is -2.44. The van der Waals surface area contributed by atoms with Crippen molar-refractivity contribution >= 4 is 39.2 Å². The van der Waals surface area contributed by atoms with Gasteiger partial charge >= 0.3 is 5.97 Å². The van der Waals surface area contributed by atoms with Gasteiger partial charge in [0.1, 0.15) is 6.54 Å². The highest BCUT2D eigenvalue weighted by molar-refractivity contribution is 7.92. The second-order valence-corrected chi connectivity index (χ2v) is 8.74. The van der Waals surface area contributed by atoms with Crippen LogP contribution in [0.1, 0.15) is 27.7 Å². The van der Waals surface area contributed by atoms with E-state index in [4.69, 9.17) is 16.3 Å². The number of benzene rings is 1. The fraction of sp³-hybridized carbons (Fsp3) is 0.529. The van der Waals surface area contributed by atoms with E-state index in [0.717, 1.165) is 10.6 Å². The average Bonchev–Trinajstić information content (AvgIpc) is 2.48. The summed E-state index contributed by atoms with van der Waals surface area (Å²) in [7, 11) is -3.73. The highest BCUT2D eigenvalue weighted by atomic mass is 35.5. The first-order valence-electron chi connectivity index (χ1n) is 8.13. The zero-order chi connectivity index (χ0) is 20.1. The second-order valence-electron chi connectivity index (χ2n) is 6.40. The normalized spacial score (nSPS) is 11.5. The molecule has 0 N–H and O–H groups in total. The fourth-order valence-corrected chi connectivity index (χ4v) is 3.60. The standard InChI is InChI=1S/C17H25ClN2O5S/c1-12(2)20(13(3)4)16(21)11-25-17(22)10-19(26(5,23)24)15-8-6-7-14(18)9-15/h6-9,12-13H,10-11H2,1-5H3. The number of hydrogen-bond acceptors (Lipinski definition) is 5. The van der Waals surface area contributed by atoms with Gasteiger partial charge in [-0.2, -0.15) is 0 Å². The van der Waals surface area contributed by atoms with E-state index in [0.29, 0.717) is 5.02 Å². The number of carbonyl (C=O) groups is 2. The van der Waals surface area contributed by atoms with Crippen molar-refractivity contribution < 1.29 is 22.7 Å². The van der Waals surface area contributed by atoms with E-state index in [9.17, 15) is 18.0 Å². The minimum absolute atomic E-state index is 0.0415. The smallest absolute Gasteiger partial charge is 0.327 e. The van der Waals surface area contributed by atoms with Crippen LogP contribution in [0.15, 0.2) is 24.3 Å². The number of carbonyl (C=O) groups excluding carboxylic acids is 2. The predicted octanol–water partition coefficient (Wildman–Crippen LogP) is 2.29. The summed E-state index contributed by atoms with van der Waals surface area (Å²) < 4.78 is 29.9. The monoisotopic (exact) mass is 404 g/mol. The fourth-order valence-electron chi connectivity index (χ4n) is 2.58. The molecule has 0 bridgehead atoms. The molecule has 0 atom stereocenters. The largest absolute Gasteiger partial charge is 0.454 e. The van der Waals surface area contributed by atoms with E-state index >= 15 is 0 Å². The van der Waals surface area contributed by atoms with Gasteiger partial charge in [0.2, 0.25) is 10.0 Å². The van der Waals surface area contributed by atoms with E-state index in [1.165, 1.54) is 12.1 Å². The van der Waals surface area contributed by atoms with Crippen LogP contribution in [0.25, 0.3) is 0 Å². The number of nitrogens with zero attached hydrogens (tertiary/aromatic N) is 2. The highest BCUT2D eigenvalue weighted by Crippen LogP contribution is 2.21. The van der Waals surface area contributed by atoms with Crippen LogP contribution in [0.3, 0.4) is 0 Å². The molecule has 1 amide bonds. The Kier molecular flexibility index (Phi) is 7.89. The van der Waals surface area contributed by atoms with Gasteiger partial charge in [-0.25, -0.2) is 8.42 Å². The number of sulfonamides is 1. The van der Waals surface area contributed by atoms with Gasteiger partial charge in [0.25, 0.3) is 5.91 Å². The van der Waals surface area contributed by atoms with Crippen LogP contribution >= 0.6 is 11.6 Å². The maximum Gasteiger partial charge on any atom is 0.327 e. The predicted molar refractivity (Wildman–Crippen MR) is 102 cm³/mol. The Morgan fingerprint density at radius 3 is 2.19 bits per heavy atom. The van der Waals surface area contributed by atoms with E-state index in [1.54, 1.807) is 17.0 Å². The lowest BCUT2D eigenvalue weighted by molar-refractivity contribution is -0.152. The Bertz CT molecular complexity index is 741. The number of esters is 1. The molecule has 0 radical (unpaired) electrons. The van der Waals surface area contributed by atoms with Crippen molar-refractivity contribution in [3.8, 4) is 0 Å². The summed E-state index contributed by atoms with van der Waals surface area (Å²) in [4.78, 5) is 25.9. The van der Waals surface area contributed by atoms with Crippen molar-refractivity contribution in [2.75, 3.05) is 23.7 Å². The summed E-state index contributed by atoms with van der Waals surface area (Å²) >= 11 is 5.88. The summed E-state index contributed by atoms with van der Waals surface area (Å²) in [5, 5.41) is 0.337. The molecule has 0 aromatic heterocycles. The molecule has 26 heavy (non-hydrogen) atoms. The minimum Gasteiger partial charge on any atom is -0.454 e. The maximum absolute atomic E-state index is 12.2. The molecule has 0 spiro atoms. The van der Waals surface area contributed by atoms with Crippen LogP contribution in [-0.4, -0.2) is 56.7 Å². The van der Waals surface area contributed by atoms with Gasteiger partial charge in [-0.3, -0.25) is 13.9 Å². The molecule has 0 saturated carbocycles. The zero-order valence-electron chi connectivity index (χ0n) is 15.6. The SMILES string of the molecule is CC(C)N(C(=O)COC(=O)CN(c1cccc(Cl)c1)S(C)(=O)=O)C(C)C. The molecule has 0 saturated heterocycles. The molecule has 146 valence electrons. The van der Waals surface area contributed by atoms with Crippen LogP contribution in [0, 0.1) is 0 Å². The van der Waals surface area contributed by atoms with Crippen molar-refractivity contribution in [1.29, 1.82) is 0 Å². The number of amides is 1. The van der Waals surface area contributed by atoms with Gasteiger partial charge < -0.3 is 9.64 Å². The first-order chi connectivity index (χ1) is 11.9. The first kappa shape index (κ1) is 22.2. The summed E-state index contributed by atoms with van der Waals surface area (Å²) in [6.07, 6.45) is 0.978. The molecular formula is C17H25ClN2O5S. The van der Waals surface area contributed by atoms with E-state index in [-0.39, 0.29) is 23.7 Å². The third-order valence-electron chi connectivity index (χ3n) is 3.53. The zero-order valence-corrected chi connectivity index (χ0v) is 17.2. The van der Waals surface area contributed by atoms with Crippen molar-refractivity contribution in [2.24, 2.45) is 0 Å². The Morgan fingerprint density at radius 1 is 1.15 bits per heavy atom. The van der Waals surface area contributed by atoms with Crippen LogP contribution in [0.5, 0.6) is 0 Å². The third-order valence-corrected chi connectivity index (χ3v) is 4.90. The molecule has 0 aliphatic carbocycles. The lowest BCUT2D eigenvalue weighted by atomic mass is 10.2. The van der Waals surface area contributed by atoms with E-state index < -0.39 is 29.1 Å². The van der Waals surface area contributed by atoms with E-state index in [2.05, 4.69) is 0 Å². The third kappa shape index (κ3) is 6.49. The van der Waals surface area contributed by atoms with Gasteiger partial charge in [-0.05, 0) is 45.9 Å². The highest BCUT2D eigenvalue weighted by Gasteiger charge is 2.24. The molecule has 1 rings (SSSR count). The van der Waals surface area contributed by atoms with Crippen LogP contribution in [-0.2, 0) is 24.3 Å². The lowest BCUT2D eigenvalue weighted by Gasteiger charge is -2.30. The van der Waals surface area contributed by atoms with Crippen LogP contribution in [0.2, 0.25) is 5.02 Å². The summed E-state index contributed by atoms with van der Waals surface area (Å²) in [5.74, 6) is -1.16.